The molecule has 0 aromatic carbocycles. The van der Waals surface area contributed by atoms with Crippen LogP contribution >= 0.6 is 0 Å². The number of hydrogen-bond acceptors (Lipinski definition) is 2. The Kier molecular flexibility index (Phi) is 4.24. The van der Waals surface area contributed by atoms with E-state index < -0.39 is 0 Å². The van der Waals surface area contributed by atoms with Crippen LogP contribution in [0, 0.1) is 0 Å². The lowest BCUT2D eigenvalue weighted by Gasteiger charge is -2.13. The van der Waals surface area contributed by atoms with Gasteiger partial charge >= 0.3 is 0 Å². The molecule has 0 bridgehead atoms. The average molecular weight is 155 g/mol. The lowest BCUT2D eigenvalue weighted by atomic mass is 10.1. The number of aliphatic hydroxyl groups is 1. The van der Waals surface area contributed by atoms with E-state index >= 15 is 0 Å². The van der Waals surface area contributed by atoms with Crippen LogP contribution in [0.5, 0.6) is 0 Å². The Morgan fingerprint density at radius 2 is 2.36 bits per heavy atom. The van der Waals surface area contributed by atoms with E-state index in [4.69, 9.17) is 5.11 Å². The fourth-order valence-electron chi connectivity index (χ4n) is 1.35. The van der Waals surface area contributed by atoms with Crippen molar-refractivity contribution in [2.45, 2.75) is 25.7 Å². The van der Waals surface area contributed by atoms with Crippen LogP contribution in [-0.2, 0) is 0 Å². The van der Waals surface area contributed by atoms with Crippen LogP contribution in [-0.4, -0.2) is 24.8 Å². The molecule has 11 heavy (non-hydrogen) atoms. The van der Waals surface area contributed by atoms with Gasteiger partial charge in [-0.3, -0.25) is 0 Å². The van der Waals surface area contributed by atoms with Gasteiger partial charge in [-0.25, -0.2) is 0 Å². The monoisotopic (exact) mass is 155 g/mol. The summed E-state index contributed by atoms with van der Waals surface area (Å²) in [4.78, 5) is 0. The Balaban J connectivity index is 2.09. The second kappa shape index (κ2) is 5.33. The first kappa shape index (κ1) is 8.75. The Hall–Kier alpha value is -0.340. The number of rotatable bonds is 4. The van der Waals surface area contributed by atoms with Gasteiger partial charge in [0.1, 0.15) is 0 Å². The standard InChI is InChI=1S/C9H17NO/c11-7-2-1-4-9-5-3-6-10-8-9/h5,10-11H,1-4,6-8H2. The molecule has 0 radical (unpaired) electrons. The third-order valence-electron chi connectivity index (χ3n) is 2.01. The molecule has 0 atom stereocenters. The fraction of sp³-hybridized carbons (Fsp3) is 0.778. The third kappa shape index (κ3) is 3.54. The number of hydrogen-bond donors (Lipinski definition) is 2. The van der Waals surface area contributed by atoms with Crippen molar-refractivity contribution in [2.24, 2.45) is 0 Å². The Labute approximate surface area is 68.3 Å². The summed E-state index contributed by atoms with van der Waals surface area (Å²) in [5, 5.41) is 11.9. The normalized spacial score (nSPS) is 18.1. The maximum absolute atomic E-state index is 8.56. The molecule has 2 nitrogen and oxygen atoms in total. The Morgan fingerprint density at radius 3 is 3.00 bits per heavy atom. The molecule has 0 amide bonds. The van der Waals surface area contributed by atoms with Crippen molar-refractivity contribution in [1.29, 1.82) is 0 Å². The summed E-state index contributed by atoms with van der Waals surface area (Å²) >= 11 is 0. The topological polar surface area (TPSA) is 32.3 Å². The molecule has 1 heterocycles. The van der Waals surface area contributed by atoms with Gasteiger partial charge in [0, 0.05) is 13.2 Å². The zero-order valence-electron chi connectivity index (χ0n) is 6.97. The van der Waals surface area contributed by atoms with E-state index in [1.807, 2.05) is 0 Å². The molecular weight excluding hydrogens is 138 g/mol. The van der Waals surface area contributed by atoms with E-state index in [1.165, 1.54) is 12.0 Å². The largest absolute Gasteiger partial charge is 0.396 e. The average Bonchev–Trinajstić information content (AvgIpc) is 2.07. The summed E-state index contributed by atoms with van der Waals surface area (Å²) in [5.74, 6) is 0. The van der Waals surface area contributed by atoms with Crippen molar-refractivity contribution in [2.75, 3.05) is 19.7 Å². The quantitative estimate of drug-likeness (QED) is 0.470. The molecule has 1 rings (SSSR count). The minimum absolute atomic E-state index is 0.334. The van der Waals surface area contributed by atoms with Crippen molar-refractivity contribution in [3.05, 3.63) is 11.6 Å². The van der Waals surface area contributed by atoms with E-state index in [2.05, 4.69) is 11.4 Å². The lowest BCUT2D eigenvalue weighted by Crippen LogP contribution is -2.22. The summed E-state index contributed by atoms with van der Waals surface area (Å²) in [6.07, 6.45) is 6.73. The Bertz CT molecular complexity index is 132. The fourth-order valence-corrected chi connectivity index (χ4v) is 1.35. The van der Waals surface area contributed by atoms with Crippen molar-refractivity contribution in [3.63, 3.8) is 0 Å². The minimum Gasteiger partial charge on any atom is -0.396 e. The first-order valence-electron chi connectivity index (χ1n) is 4.43. The smallest absolute Gasteiger partial charge is 0.0431 e. The van der Waals surface area contributed by atoms with E-state index in [-0.39, 0.29) is 0 Å². The van der Waals surface area contributed by atoms with Gasteiger partial charge in [-0.1, -0.05) is 11.6 Å². The Morgan fingerprint density at radius 1 is 1.45 bits per heavy atom. The molecule has 0 spiro atoms. The molecule has 2 heteroatoms. The van der Waals surface area contributed by atoms with Crippen molar-refractivity contribution in [1.82, 2.24) is 5.32 Å². The molecule has 2 N–H and O–H groups in total. The molecule has 1 aliphatic rings. The van der Waals surface area contributed by atoms with Crippen LogP contribution in [0.2, 0.25) is 0 Å². The summed E-state index contributed by atoms with van der Waals surface area (Å²) < 4.78 is 0. The van der Waals surface area contributed by atoms with Gasteiger partial charge in [0.15, 0.2) is 0 Å². The highest BCUT2D eigenvalue weighted by atomic mass is 16.2. The van der Waals surface area contributed by atoms with E-state index in [0.29, 0.717) is 6.61 Å². The van der Waals surface area contributed by atoms with Crippen molar-refractivity contribution >= 4 is 0 Å². The van der Waals surface area contributed by atoms with Crippen LogP contribution in [0.15, 0.2) is 11.6 Å². The van der Waals surface area contributed by atoms with Crippen LogP contribution in [0.4, 0.5) is 0 Å². The van der Waals surface area contributed by atoms with Gasteiger partial charge in [-0.05, 0) is 32.2 Å². The van der Waals surface area contributed by atoms with E-state index in [9.17, 15) is 0 Å². The number of unbranched alkanes of at least 4 members (excludes halogenated alkanes) is 1. The lowest BCUT2D eigenvalue weighted by molar-refractivity contribution is 0.284. The molecule has 0 aliphatic carbocycles. The second-order valence-corrected chi connectivity index (χ2v) is 3.01. The second-order valence-electron chi connectivity index (χ2n) is 3.01. The van der Waals surface area contributed by atoms with E-state index in [1.54, 1.807) is 0 Å². The number of nitrogens with one attached hydrogen (secondary N) is 1. The van der Waals surface area contributed by atoms with Crippen LogP contribution < -0.4 is 5.32 Å². The highest BCUT2D eigenvalue weighted by Crippen LogP contribution is 2.09. The molecule has 64 valence electrons. The maximum Gasteiger partial charge on any atom is 0.0431 e. The zero-order chi connectivity index (χ0) is 7.94. The summed E-state index contributed by atoms with van der Waals surface area (Å²) in [7, 11) is 0. The highest BCUT2D eigenvalue weighted by molar-refractivity contribution is 5.07. The van der Waals surface area contributed by atoms with Gasteiger partial charge in [-0.15, -0.1) is 0 Å². The van der Waals surface area contributed by atoms with Gasteiger partial charge in [0.05, 0.1) is 0 Å². The SMILES string of the molecule is OCCCCC1=CCCNC1. The highest BCUT2D eigenvalue weighted by Gasteiger charge is 2.01. The predicted octanol–water partition coefficient (Wildman–Crippen LogP) is 1.07. The van der Waals surface area contributed by atoms with Crippen molar-refractivity contribution < 1.29 is 5.11 Å². The molecule has 0 unspecified atom stereocenters. The maximum atomic E-state index is 8.56. The molecule has 0 saturated carbocycles. The van der Waals surface area contributed by atoms with Crippen LogP contribution in [0.25, 0.3) is 0 Å². The van der Waals surface area contributed by atoms with Gasteiger partial charge in [0.2, 0.25) is 0 Å². The first-order valence-corrected chi connectivity index (χ1v) is 4.43. The van der Waals surface area contributed by atoms with Gasteiger partial charge < -0.3 is 10.4 Å². The molecule has 0 aromatic rings. The van der Waals surface area contributed by atoms with Crippen LogP contribution in [0.1, 0.15) is 25.7 Å². The van der Waals surface area contributed by atoms with Gasteiger partial charge in [0.25, 0.3) is 0 Å². The summed E-state index contributed by atoms with van der Waals surface area (Å²) in [5.41, 5.74) is 1.52. The predicted molar refractivity (Wildman–Crippen MR) is 46.5 cm³/mol. The van der Waals surface area contributed by atoms with Gasteiger partial charge in [-0.2, -0.15) is 0 Å². The molecule has 0 aromatic heterocycles. The minimum atomic E-state index is 0.334. The summed E-state index contributed by atoms with van der Waals surface area (Å²) in [6.45, 7) is 2.52. The van der Waals surface area contributed by atoms with Crippen molar-refractivity contribution in [3.8, 4) is 0 Å². The third-order valence-corrected chi connectivity index (χ3v) is 2.01. The zero-order valence-corrected chi connectivity index (χ0v) is 6.97. The molecular formula is C9H17NO. The molecule has 0 saturated heterocycles. The first-order chi connectivity index (χ1) is 5.43. The molecule has 1 aliphatic heterocycles. The van der Waals surface area contributed by atoms with E-state index in [0.717, 1.165) is 32.4 Å². The molecule has 0 fully saturated rings. The number of aliphatic hydroxyl groups excluding tert-OH is 1. The van der Waals surface area contributed by atoms with Crippen LogP contribution in [0.3, 0.4) is 0 Å². The summed E-state index contributed by atoms with van der Waals surface area (Å²) in [6, 6.07) is 0.